The van der Waals surface area contributed by atoms with Crippen molar-refractivity contribution in [1.29, 1.82) is 0 Å². The van der Waals surface area contributed by atoms with Gasteiger partial charge >= 0.3 is 6.03 Å². The molecule has 0 heterocycles. The van der Waals surface area contributed by atoms with Gasteiger partial charge in [0.1, 0.15) is 0 Å². The lowest BCUT2D eigenvalue weighted by Gasteiger charge is -2.18. The number of hydrogen-bond donors (Lipinski definition) is 2. The van der Waals surface area contributed by atoms with Crippen LogP contribution in [0.25, 0.3) is 0 Å². The van der Waals surface area contributed by atoms with E-state index in [2.05, 4.69) is 26.6 Å². The summed E-state index contributed by atoms with van der Waals surface area (Å²) in [7, 11) is 1.61. The second-order valence-electron chi connectivity index (χ2n) is 4.22. The van der Waals surface area contributed by atoms with Gasteiger partial charge in [-0.05, 0) is 25.5 Å². The van der Waals surface area contributed by atoms with Crippen LogP contribution in [0.5, 0.6) is 0 Å². The number of carbonyl (C=O) groups excluding carboxylic acids is 1. The van der Waals surface area contributed by atoms with E-state index in [0.717, 1.165) is 10.0 Å². The van der Waals surface area contributed by atoms with Gasteiger partial charge in [-0.15, -0.1) is 0 Å². The fraction of sp³-hybridized carbons (Fsp3) is 0.462. The Morgan fingerprint density at radius 2 is 2.00 bits per heavy atom. The zero-order valence-corrected chi connectivity index (χ0v) is 12.5. The van der Waals surface area contributed by atoms with E-state index in [4.69, 9.17) is 4.74 Å². The molecule has 0 aliphatic carbocycles. The molecule has 0 spiro atoms. The van der Waals surface area contributed by atoms with E-state index >= 15 is 0 Å². The quantitative estimate of drug-likeness (QED) is 0.878. The van der Waals surface area contributed by atoms with Crippen molar-refractivity contribution < 1.29 is 9.53 Å². The molecule has 5 heteroatoms. The fourth-order valence-corrected chi connectivity index (χ4v) is 2.29. The lowest BCUT2D eigenvalue weighted by Crippen LogP contribution is -2.43. The highest BCUT2D eigenvalue weighted by atomic mass is 79.9. The molecule has 18 heavy (non-hydrogen) atoms. The van der Waals surface area contributed by atoms with E-state index in [1.807, 2.05) is 38.1 Å². The first-order valence-electron chi connectivity index (χ1n) is 5.85. The van der Waals surface area contributed by atoms with E-state index < -0.39 is 0 Å². The summed E-state index contributed by atoms with van der Waals surface area (Å²) >= 11 is 3.47. The Balaban J connectivity index is 2.52. The van der Waals surface area contributed by atoms with Crippen LogP contribution >= 0.6 is 15.9 Å². The summed E-state index contributed by atoms with van der Waals surface area (Å²) < 4.78 is 5.95. The molecule has 0 bridgehead atoms. The van der Waals surface area contributed by atoms with Gasteiger partial charge in [0.2, 0.25) is 0 Å². The number of methoxy groups -OCH3 is 1. The standard InChI is InChI=1S/C13H19BrN2O2/c1-9(8-18-3)15-13(17)16-10(2)11-6-4-5-7-12(11)14/h4-7,9-10H,8H2,1-3H3,(H2,15,16,17). The van der Waals surface area contributed by atoms with Crippen LogP contribution < -0.4 is 10.6 Å². The number of urea groups is 1. The monoisotopic (exact) mass is 314 g/mol. The summed E-state index contributed by atoms with van der Waals surface area (Å²) in [5.74, 6) is 0. The van der Waals surface area contributed by atoms with Gasteiger partial charge in [-0.3, -0.25) is 0 Å². The molecule has 0 fully saturated rings. The molecule has 2 amide bonds. The highest BCUT2D eigenvalue weighted by Gasteiger charge is 2.13. The molecule has 100 valence electrons. The zero-order valence-electron chi connectivity index (χ0n) is 10.9. The van der Waals surface area contributed by atoms with Gasteiger partial charge in [-0.25, -0.2) is 4.79 Å². The number of halogens is 1. The molecule has 1 rings (SSSR count). The molecule has 0 saturated carbocycles. The molecule has 0 aromatic heterocycles. The lowest BCUT2D eigenvalue weighted by molar-refractivity contribution is 0.170. The first kappa shape index (κ1) is 15.0. The number of rotatable bonds is 5. The second kappa shape index (κ2) is 7.38. The first-order valence-corrected chi connectivity index (χ1v) is 6.64. The van der Waals surface area contributed by atoms with Crippen LogP contribution in [0.4, 0.5) is 4.79 Å². The number of ether oxygens (including phenoxy) is 1. The molecule has 2 N–H and O–H groups in total. The largest absolute Gasteiger partial charge is 0.383 e. The third-order valence-corrected chi connectivity index (χ3v) is 3.24. The minimum absolute atomic E-state index is 0.0126. The predicted molar refractivity (Wildman–Crippen MR) is 75.6 cm³/mol. The number of nitrogens with one attached hydrogen (secondary N) is 2. The average molecular weight is 315 g/mol. The van der Waals surface area contributed by atoms with E-state index in [9.17, 15) is 4.79 Å². The van der Waals surface area contributed by atoms with Gasteiger partial charge in [-0.1, -0.05) is 34.1 Å². The minimum atomic E-state index is -0.192. The van der Waals surface area contributed by atoms with Crippen molar-refractivity contribution in [1.82, 2.24) is 10.6 Å². The third-order valence-electron chi connectivity index (χ3n) is 2.51. The van der Waals surface area contributed by atoms with Crippen molar-refractivity contribution in [2.45, 2.75) is 25.9 Å². The summed E-state index contributed by atoms with van der Waals surface area (Å²) in [5.41, 5.74) is 1.05. The zero-order chi connectivity index (χ0) is 13.5. The van der Waals surface area contributed by atoms with Gasteiger partial charge < -0.3 is 15.4 Å². The maximum atomic E-state index is 11.7. The van der Waals surface area contributed by atoms with Crippen LogP contribution in [0.2, 0.25) is 0 Å². The third kappa shape index (κ3) is 4.66. The summed E-state index contributed by atoms with van der Waals surface area (Å²) in [6.45, 7) is 4.34. The van der Waals surface area contributed by atoms with Gasteiger partial charge in [0, 0.05) is 11.6 Å². The van der Waals surface area contributed by atoms with Crippen LogP contribution in [-0.2, 0) is 4.74 Å². The van der Waals surface area contributed by atoms with Crippen LogP contribution in [0.15, 0.2) is 28.7 Å². The Bertz CT molecular complexity index is 398. The summed E-state index contributed by atoms with van der Waals surface area (Å²) in [6.07, 6.45) is 0. The highest BCUT2D eigenvalue weighted by molar-refractivity contribution is 9.10. The molecule has 2 atom stereocenters. The Morgan fingerprint density at radius 1 is 1.33 bits per heavy atom. The second-order valence-corrected chi connectivity index (χ2v) is 5.07. The first-order chi connectivity index (χ1) is 8.54. The summed E-state index contributed by atoms with van der Waals surface area (Å²) in [4.78, 5) is 11.7. The van der Waals surface area contributed by atoms with Crippen molar-refractivity contribution in [3.05, 3.63) is 34.3 Å². The lowest BCUT2D eigenvalue weighted by atomic mass is 10.1. The maximum Gasteiger partial charge on any atom is 0.315 e. The van der Waals surface area contributed by atoms with Crippen LogP contribution in [0.1, 0.15) is 25.5 Å². The molecular formula is C13H19BrN2O2. The number of hydrogen-bond acceptors (Lipinski definition) is 2. The Kier molecular flexibility index (Phi) is 6.15. The van der Waals surface area contributed by atoms with Gasteiger partial charge in [0.05, 0.1) is 18.7 Å². The van der Waals surface area contributed by atoms with Gasteiger partial charge in [0.15, 0.2) is 0 Å². The molecule has 4 nitrogen and oxygen atoms in total. The molecule has 0 aliphatic rings. The van der Waals surface area contributed by atoms with Crippen molar-refractivity contribution in [3.8, 4) is 0 Å². The van der Waals surface area contributed by atoms with E-state index in [1.54, 1.807) is 7.11 Å². The van der Waals surface area contributed by atoms with Crippen LogP contribution in [-0.4, -0.2) is 25.8 Å². The Morgan fingerprint density at radius 3 is 2.61 bits per heavy atom. The van der Waals surface area contributed by atoms with Crippen molar-refractivity contribution in [2.75, 3.05) is 13.7 Å². The average Bonchev–Trinajstić information content (AvgIpc) is 2.29. The van der Waals surface area contributed by atoms with Crippen molar-refractivity contribution >= 4 is 22.0 Å². The molecule has 0 radical (unpaired) electrons. The number of carbonyl (C=O) groups is 1. The molecule has 1 aromatic carbocycles. The van der Waals surface area contributed by atoms with Crippen LogP contribution in [0.3, 0.4) is 0 Å². The van der Waals surface area contributed by atoms with Crippen molar-refractivity contribution in [2.24, 2.45) is 0 Å². The maximum absolute atomic E-state index is 11.7. The molecule has 1 aromatic rings. The number of amides is 2. The SMILES string of the molecule is COCC(C)NC(=O)NC(C)c1ccccc1Br. The van der Waals surface area contributed by atoms with Gasteiger partial charge in [0.25, 0.3) is 0 Å². The topological polar surface area (TPSA) is 50.4 Å². The predicted octanol–water partition coefficient (Wildman–Crippen LogP) is 2.84. The molecule has 2 unspecified atom stereocenters. The van der Waals surface area contributed by atoms with E-state index in [0.29, 0.717) is 6.61 Å². The van der Waals surface area contributed by atoms with E-state index in [-0.39, 0.29) is 18.1 Å². The van der Waals surface area contributed by atoms with Crippen LogP contribution in [0, 0.1) is 0 Å². The summed E-state index contributed by atoms with van der Waals surface area (Å²) in [5, 5.41) is 5.70. The van der Waals surface area contributed by atoms with Gasteiger partial charge in [-0.2, -0.15) is 0 Å². The summed E-state index contributed by atoms with van der Waals surface area (Å²) in [6, 6.07) is 7.57. The number of benzene rings is 1. The fourth-order valence-electron chi connectivity index (χ4n) is 1.66. The smallest absolute Gasteiger partial charge is 0.315 e. The molecule has 0 aliphatic heterocycles. The minimum Gasteiger partial charge on any atom is -0.383 e. The molecular weight excluding hydrogens is 296 g/mol. The normalized spacial score (nSPS) is 13.8. The molecule has 0 saturated heterocycles. The van der Waals surface area contributed by atoms with E-state index in [1.165, 1.54) is 0 Å². The Hall–Kier alpha value is -1.07. The Labute approximate surface area is 116 Å². The van der Waals surface area contributed by atoms with Crippen molar-refractivity contribution in [3.63, 3.8) is 0 Å². The highest BCUT2D eigenvalue weighted by Crippen LogP contribution is 2.22.